The van der Waals surface area contributed by atoms with Gasteiger partial charge in [-0.25, -0.2) is 4.98 Å². The molecule has 0 bridgehead atoms. The van der Waals surface area contributed by atoms with Crippen LogP contribution in [0.3, 0.4) is 0 Å². The molecule has 2 rings (SSSR count). The van der Waals surface area contributed by atoms with E-state index in [4.69, 9.17) is 5.73 Å². The molecule has 0 atom stereocenters. The number of aromatic amines is 1. The van der Waals surface area contributed by atoms with Crippen molar-refractivity contribution >= 4 is 11.3 Å². The first-order valence-corrected chi connectivity index (χ1v) is 5.33. The van der Waals surface area contributed by atoms with Gasteiger partial charge in [-0.2, -0.15) is 0 Å². The molecule has 0 aliphatic heterocycles. The van der Waals surface area contributed by atoms with Crippen LogP contribution in [0.5, 0.6) is 0 Å². The maximum Gasteiger partial charge on any atom is 0.125 e. The van der Waals surface area contributed by atoms with E-state index in [1.807, 2.05) is 37.7 Å². The van der Waals surface area contributed by atoms with E-state index in [2.05, 4.69) is 9.97 Å². The third-order valence-corrected chi connectivity index (χ3v) is 2.90. The Labute approximate surface area is 87.0 Å². The molecule has 0 radical (unpaired) electrons. The van der Waals surface area contributed by atoms with Crippen LogP contribution in [0.1, 0.15) is 19.5 Å². The van der Waals surface area contributed by atoms with Crippen molar-refractivity contribution in [2.45, 2.75) is 19.4 Å². The van der Waals surface area contributed by atoms with Gasteiger partial charge >= 0.3 is 0 Å². The van der Waals surface area contributed by atoms with Crippen molar-refractivity contribution < 1.29 is 0 Å². The Balaban J connectivity index is 2.36. The first-order chi connectivity index (χ1) is 6.57. The Bertz CT molecular complexity index is 409. The van der Waals surface area contributed by atoms with Gasteiger partial charge in [-0.15, -0.1) is 11.3 Å². The fourth-order valence-corrected chi connectivity index (χ4v) is 2.15. The van der Waals surface area contributed by atoms with Crippen molar-refractivity contribution in [2.24, 2.45) is 5.73 Å². The van der Waals surface area contributed by atoms with Crippen LogP contribution in [0.2, 0.25) is 0 Å². The molecule has 0 aliphatic rings. The average Bonchev–Trinajstić information content (AvgIpc) is 2.73. The van der Waals surface area contributed by atoms with Crippen molar-refractivity contribution in [3.63, 3.8) is 0 Å². The molecule has 2 aromatic heterocycles. The van der Waals surface area contributed by atoms with Gasteiger partial charge in [-0.1, -0.05) is 0 Å². The Morgan fingerprint density at radius 3 is 2.79 bits per heavy atom. The molecule has 0 aliphatic carbocycles. The molecule has 4 heteroatoms. The third-order valence-electron chi connectivity index (χ3n) is 2.01. The van der Waals surface area contributed by atoms with Crippen molar-refractivity contribution in [1.29, 1.82) is 0 Å². The highest BCUT2D eigenvalue weighted by atomic mass is 32.1. The van der Waals surface area contributed by atoms with Crippen LogP contribution >= 0.6 is 11.3 Å². The topological polar surface area (TPSA) is 54.7 Å². The predicted molar refractivity (Wildman–Crippen MR) is 59.1 cm³/mol. The highest BCUT2D eigenvalue weighted by molar-refractivity contribution is 7.13. The van der Waals surface area contributed by atoms with E-state index in [-0.39, 0.29) is 5.54 Å². The van der Waals surface area contributed by atoms with Gasteiger partial charge < -0.3 is 10.7 Å². The summed E-state index contributed by atoms with van der Waals surface area (Å²) in [5.41, 5.74) is 7.66. The summed E-state index contributed by atoms with van der Waals surface area (Å²) in [5.74, 6) is 0. The van der Waals surface area contributed by atoms with E-state index in [9.17, 15) is 0 Å². The quantitative estimate of drug-likeness (QED) is 0.794. The molecule has 0 aromatic carbocycles. The summed E-state index contributed by atoms with van der Waals surface area (Å²) in [5, 5.41) is 3.03. The van der Waals surface area contributed by atoms with Gasteiger partial charge in [0.15, 0.2) is 0 Å². The number of nitrogens with zero attached hydrogens (tertiary/aromatic N) is 1. The van der Waals surface area contributed by atoms with Crippen LogP contribution in [0.25, 0.3) is 10.6 Å². The van der Waals surface area contributed by atoms with Gasteiger partial charge in [0.2, 0.25) is 0 Å². The molecule has 2 aromatic rings. The highest BCUT2D eigenvalue weighted by Gasteiger charge is 2.18. The predicted octanol–water partition coefficient (Wildman–Crippen LogP) is 2.33. The number of rotatable bonds is 2. The largest absolute Gasteiger partial charge is 0.367 e. The number of hydrogen-bond acceptors (Lipinski definition) is 3. The number of H-pyrrole nitrogens is 1. The lowest BCUT2D eigenvalue weighted by atomic mass is 10.0. The smallest absolute Gasteiger partial charge is 0.125 e. The Morgan fingerprint density at radius 1 is 1.50 bits per heavy atom. The van der Waals surface area contributed by atoms with Crippen LogP contribution in [0, 0.1) is 0 Å². The SMILES string of the molecule is CC(C)(N)c1csc(-c2cc[nH]c2)n1. The fourth-order valence-electron chi connectivity index (χ4n) is 1.16. The minimum atomic E-state index is -0.356. The average molecular weight is 207 g/mol. The zero-order valence-corrected chi connectivity index (χ0v) is 9.06. The molecule has 14 heavy (non-hydrogen) atoms. The zero-order valence-electron chi connectivity index (χ0n) is 8.24. The lowest BCUT2D eigenvalue weighted by molar-refractivity contribution is 0.539. The molecule has 0 amide bonds. The van der Waals surface area contributed by atoms with Crippen molar-refractivity contribution in [2.75, 3.05) is 0 Å². The van der Waals surface area contributed by atoms with Crippen LogP contribution in [-0.4, -0.2) is 9.97 Å². The van der Waals surface area contributed by atoms with Crippen molar-refractivity contribution in [1.82, 2.24) is 9.97 Å². The van der Waals surface area contributed by atoms with Gasteiger partial charge in [0.1, 0.15) is 5.01 Å². The second-order valence-electron chi connectivity index (χ2n) is 3.86. The van der Waals surface area contributed by atoms with Gasteiger partial charge in [-0.3, -0.25) is 0 Å². The number of aromatic nitrogens is 2. The summed E-state index contributed by atoms with van der Waals surface area (Å²) in [4.78, 5) is 7.51. The van der Waals surface area contributed by atoms with Gasteiger partial charge in [0.25, 0.3) is 0 Å². The number of thiazole rings is 1. The summed E-state index contributed by atoms with van der Waals surface area (Å²) < 4.78 is 0. The summed E-state index contributed by atoms with van der Waals surface area (Å²) in [6.45, 7) is 3.92. The monoisotopic (exact) mass is 207 g/mol. The molecule has 0 unspecified atom stereocenters. The lowest BCUT2D eigenvalue weighted by Gasteiger charge is -2.14. The first kappa shape index (κ1) is 9.43. The Morgan fingerprint density at radius 2 is 2.29 bits per heavy atom. The molecular formula is C10H13N3S. The van der Waals surface area contributed by atoms with E-state index >= 15 is 0 Å². The Hall–Kier alpha value is -1.13. The highest BCUT2D eigenvalue weighted by Crippen LogP contribution is 2.26. The second-order valence-corrected chi connectivity index (χ2v) is 4.72. The molecule has 3 N–H and O–H groups in total. The second kappa shape index (κ2) is 3.22. The van der Waals surface area contributed by atoms with Crippen LogP contribution in [0.4, 0.5) is 0 Å². The minimum Gasteiger partial charge on any atom is -0.367 e. The minimum absolute atomic E-state index is 0.356. The van der Waals surface area contributed by atoms with Crippen LogP contribution < -0.4 is 5.73 Å². The molecule has 2 heterocycles. The lowest BCUT2D eigenvalue weighted by Crippen LogP contribution is -2.28. The van der Waals surface area contributed by atoms with E-state index in [0.29, 0.717) is 0 Å². The molecular weight excluding hydrogens is 194 g/mol. The maximum absolute atomic E-state index is 5.96. The standard InChI is InChI=1S/C10H13N3S/c1-10(2,11)8-6-14-9(13-8)7-3-4-12-5-7/h3-6,12H,11H2,1-2H3. The van der Waals surface area contributed by atoms with Crippen LogP contribution in [-0.2, 0) is 5.54 Å². The summed E-state index contributed by atoms with van der Waals surface area (Å²) in [6, 6.07) is 2.01. The molecule has 74 valence electrons. The van der Waals surface area contributed by atoms with Gasteiger partial charge in [0, 0.05) is 23.3 Å². The van der Waals surface area contributed by atoms with E-state index in [1.165, 1.54) is 0 Å². The molecule has 0 saturated carbocycles. The van der Waals surface area contributed by atoms with E-state index in [0.717, 1.165) is 16.3 Å². The fraction of sp³-hybridized carbons (Fsp3) is 0.300. The number of nitrogens with two attached hydrogens (primary N) is 1. The third kappa shape index (κ3) is 1.71. The summed E-state index contributed by atoms with van der Waals surface area (Å²) >= 11 is 1.62. The van der Waals surface area contributed by atoms with Crippen molar-refractivity contribution in [3.8, 4) is 10.6 Å². The van der Waals surface area contributed by atoms with E-state index in [1.54, 1.807) is 11.3 Å². The number of nitrogens with one attached hydrogen (secondary N) is 1. The summed E-state index contributed by atoms with van der Waals surface area (Å²) in [7, 11) is 0. The van der Waals surface area contributed by atoms with Gasteiger partial charge in [-0.05, 0) is 19.9 Å². The summed E-state index contributed by atoms with van der Waals surface area (Å²) in [6.07, 6.45) is 3.83. The molecule has 0 spiro atoms. The zero-order chi connectivity index (χ0) is 10.2. The van der Waals surface area contributed by atoms with Crippen molar-refractivity contribution in [3.05, 3.63) is 29.5 Å². The molecule has 0 fully saturated rings. The number of hydrogen-bond donors (Lipinski definition) is 2. The first-order valence-electron chi connectivity index (χ1n) is 4.45. The molecule has 0 saturated heterocycles. The van der Waals surface area contributed by atoms with E-state index < -0.39 is 0 Å². The van der Waals surface area contributed by atoms with Gasteiger partial charge in [0.05, 0.1) is 11.2 Å². The Kier molecular flexibility index (Phi) is 2.17. The normalized spacial score (nSPS) is 11.9. The molecule has 3 nitrogen and oxygen atoms in total. The maximum atomic E-state index is 5.96. The van der Waals surface area contributed by atoms with Crippen LogP contribution in [0.15, 0.2) is 23.8 Å².